The highest BCUT2D eigenvalue weighted by Gasteiger charge is 2.26. The first kappa shape index (κ1) is 17.4. The quantitative estimate of drug-likeness (QED) is 0.596. The van der Waals surface area contributed by atoms with Crippen molar-refractivity contribution in [3.63, 3.8) is 0 Å². The zero-order valence-corrected chi connectivity index (χ0v) is 13.0. The van der Waals surface area contributed by atoms with Crippen molar-refractivity contribution in [3.05, 3.63) is 23.9 Å². The molecular weight excluding hydrogens is 309 g/mol. The Morgan fingerprint density at radius 3 is 2.83 bits per heavy atom. The monoisotopic (exact) mass is 330 g/mol. The van der Waals surface area contributed by atoms with E-state index in [2.05, 4.69) is 20.6 Å². The molecule has 1 fully saturated rings. The largest absolute Gasteiger partial charge is 0.477 e. The highest BCUT2D eigenvalue weighted by molar-refractivity contribution is 5.79. The normalized spacial score (nSPS) is 15.4. The van der Waals surface area contributed by atoms with E-state index in [-0.39, 0.29) is 6.54 Å². The van der Waals surface area contributed by atoms with E-state index >= 15 is 0 Å². The molecule has 8 heteroatoms. The average molecular weight is 330 g/mol. The van der Waals surface area contributed by atoms with Gasteiger partial charge in [-0.2, -0.15) is 13.2 Å². The number of rotatable bonds is 7. The third-order valence-electron chi connectivity index (χ3n) is 3.35. The van der Waals surface area contributed by atoms with E-state index in [1.165, 1.54) is 19.9 Å². The van der Waals surface area contributed by atoms with Gasteiger partial charge in [0.1, 0.15) is 0 Å². The molecule has 1 aromatic heterocycles. The summed E-state index contributed by atoms with van der Waals surface area (Å²) in [7, 11) is 1.51. The van der Waals surface area contributed by atoms with Gasteiger partial charge in [-0.05, 0) is 30.4 Å². The minimum atomic E-state index is -4.18. The van der Waals surface area contributed by atoms with Crippen LogP contribution >= 0.6 is 0 Å². The van der Waals surface area contributed by atoms with Gasteiger partial charge >= 0.3 is 6.18 Å². The van der Waals surface area contributed by atoms with E-state index in [0.29, 0.717) is 30.9 Å². The second-order valence-electron chi connectivity index (χ2n) is 5.47. The fourth-order valence-corrected chi connectivity index (χ4v) is 1.86. The van der Waals surface area contributed by atoms with E-state index in [4.69, 9.17) is 4.74 Å². The Hall–Kier alpha value is -1.99. The number of guanidine groups is 1. The number of alkyl halides is 3. The number of aromatic nitrogens is 1. The molecule has 1 heterocycles. The van der Waals surface area contributed by atoms with E-state index in [1.54, 1.807) is 6.20 Å². The predicted octanol–water partition coefficient (Wildman–Crippen LogP) is 2.49. The molecule has 0 aliphatic heterocycles. The zero-order valence-electron chi connectivity index (χ0n) is 13.0. The Morgan fingerprint density at radius 2 is 2.17 bits per heavy atom. The lowest BCUT2D eigenvalue weighted by atomic mass is 10.2. The predicted molar refractivity (Wildman–Crippen MR) is 81.3 cm³/mol. The molecule has 23 heavy (non-hydrogen) atoms. The summed E-state index contributed by atoms with van der Waals surface area (Å²) in [5, 5.41) is 5.60. The van der Waals surface area contributed by atoms with Crippen LogP contribution in [0.25, 0.3) is 0 Å². The molecule has 0 bridgehead atoms. The third kappa shape index (κ3) is 7.21. The van der Waals surface area contributed by atoms with Gasteiger partial charge in [0.05, 0.1) is 13.0 Å². The molecule has 1 aromatic rings. The third-order valence-corrected chi connectivity index (χ3v) is 3.35. The number of hydrogen-bond donors (Lipinski definition) is 2. The van der Waals surface area contributed by atoms with E-state index in [0.717, 1.165) is 5.56 Å². The first-order valence-corrected chi connectivity index (χ1v) is 7.55. The number of hydrogen-bond acceptors (Lipinski definition) is 3. The molecule has 0 amide bonds. The van der Waals surface area contributed by atoms with Crippen molar-refractivity contribution in [2.75, 3.05) is 20.2 Å². The lowest BCUT2D eigenvalue weighted by Crippen LogP contribution is -2.38. The smallest absolute Gasteiger partial charge is 0.390 e. The fourth-order valence-electron chi connectivity index (χ4n) is 1.86. The molecule has 1 aliphatic carbocycles. The maximum Gasteiger partial charge on any atom is 0.390 e. The van der Waals surface area contributed by atoms with Crippen molar-refractivity contribution < 1.29 is 17.9 Å². The number of ether oxygens (including phenoxy) is 1. The Bertz CT molecular complexity index is 530. The van der Waals surface area contributed by atoms with Crippen LogP contribution in [0.2, 0.25) is 0 Å². The van der Waals surface area contributed by atoms with Gasteiger partial charge in [-0.3, -0.25) is 4.99 Å². The molecular formula is C15H21F3N4O. The van der Waals surface area contributed by atoms with E-state index in [1.807, 2.05) is 12.1 Å². The molecule has 0 spiro atoms. The van der Waals surface area contributed by atoms with Crippen LogP contribution in [0.15, 0.2) is 23.3 Å². The van der Waals surface area contributed by atoms with Crippen LogP contribution in [0, 0.1) is 5.92 Å². The molecule has 1 aliphatic rings. The average Bonchev–Trinajstić information content (AvgIpc) is 3.32. The van der Waals surface area contributed by atoms with Crippen LogP contribution in [0.4, 0.5) is 13.2 Å². The topological polar surface area (TPSA) is 58.5 Å². The van der Waals surface area contributed by atoms with Crippen LogP contribution in [0.3, 0.4) is 0 Å². The first-order chi connectivity index (χ1) is 11.0. The molecule has 0 unspecified atom stereocenters. The molecule has 5 nitrogen and oxygen atoms in total. The Labute approximate surface area is 133 Å². The summed E-state index contributed by atoms with van der Waals surface area (Å²) in [5.74, 6) is 1.54. The van der Waals surface area contributed by atoms with Crippen LogP contribution in [0.5, 0.6) is 5.88 Å². The van der Waals surface area contributed by atoms with Crippen molar-refractivity contribution in [2.24, 2.45) is 10.9 Å². The van der Waals surface area contributed by atoms with Gasteiger partial charge in [0.25, 0.3) is 0 Å². The Morgan fingerprint density at radius 1 is 1.39 bits per heavy atom. The molecule has 2 N–H and O–H groups in total. The van der Waals surface area contributed by atoms with Gasteiger partial charge in [0.15, 0.2) is 5.96 Å². The number of nitrogens with zero attached hydrogens (tertiary/aromatic N) is 2. The second-order valence-corrected chi connectivity index (χ2v) is 5.47. The summed E-state index contributed by atoms with van der Waals surface area (Å²) in [5.41, 5.74) is 0.921. The maximum absolute atomic E-state index is 12.1. The molecule has 1 saturated carbocycles. The van der Waals surface area contributed by atoms with E-state index in [9.17, 15) is 13.2 Å². The van der Waals surface area contributed by atoms with Gasteiger partial charge in [0, 0.05) is 32.4 Å². The highest BCUT2D eigenvalue weighted by Crippen LogP contribution is 2.29. The van der Waals surface area contributed by atoms with Crippen LogP contribution in [-0.4, -0.2) is 37.3 Å². The van der Waals surface area contributed by atoms with Gasteiger partial charge in [-0.1, -0.05) is 0 Å². The molecule has 0 atom stereocenters. The molecule has 128 valence electrons. The van der Waals surface area contributed by atoms with Crippen molar-refractivity contribution in [2.45, 2.75) is 32.0 Å². The standard InChI is InChI=1S/C15H21F3N4O/c1-19-14(21-7-5-15(16,17)18)22-9-12-4-6-20-13(8-12)23-10-11-2-3-11/h4,6,8,11H,2-3,5,7,9-10H2,1H3,(H2,19,21,22). The summed E-state index contributed by atoms with van der Waals surface area (Å²) in [6.45, 7) is 0.897. The van der Waals surface area contributed by atoms with Crippen molar-refractivity contribution in [1.82, 2.24) is 15.6 Å². The Kier molecular flexibility index (Phi) is 6.06. The molecule has 0 saturated heterocycles. The summed E-state index contributed by atoms with van der Waals surface area (Å²) in [4.78, 5) is 8.04. The fraction of sp³-hybridized carbons (Fsp3) is 0.600. The zero-order chi connectivity index (χ0) is 16.7. The van der Waals surface area contributed by atoms with Crippen molar-refractivity contribution in [3.8, 4) is 5.88 Å². The lowest BCUT2D eigenvalue weighted by molar-refractivity contribution is -0.132. The number of pyridine rings is 1. The second kappa shape index (κ2) is 8.03. The Balaban J connectivity index is 1.75. The van der Waals surface area contributed by atoms with Gasteiger partial charge in [0.2, 0.25) is 5.88 Å². The van der Waals surface area contributed by atoms with Crippen LogP contribution in [0.1, 0.15) is 24.8 Å². The number of aliphatic imine (C=N–C) groups is 1. The van der Waals surface area contributed by atoms with Crippen LogP contribution < -0.4 is 15.4 Å². The summed E-state index contributed by atoms with van der Waals surface area (Å²) < 4.78 is 41.9. The summed E-state index contributed by atoms with van der Waals surface area (Å²) >= 11 is 0. The molecule has 0 aromatic carbocycles. The number of halogens is 3. The van der Waals surface area contributed by atoms with Gasteiger partial charge in [-0.15, -0.1) is 0 Å². The molecule has 0 radical (unpaired) electrons. The first-order valence-electron chi connectivity index (χ1n) is 7.55. The van der Waals surface area contributed by atoms with Crippen molar-refractivity contribution >= 4 is 5.96 Å². The maximum atomic E-state index is 12.1. The van der Waals surface area contributed by atoms with Crippen molar-refractivity contribution in [1.29, 1.82) is 0 Å². The SMILES string of the molecule is CN=C(NCCC(F)(F)F)NCc1ccnc(OCC2CC2)c1. The van der Waals surface area contributed by atoms with E-state index < -0.39 is 12.6 Å². The van der Waals surface area contributed by atoms with Gasteiger partial charge < -0.3 is 15.4 Å². The minimum Gasteiger partial charge on any atom is -0.477 e. The minimum absolute atomic E-state index is 0.213. The van der Waals surface area contributed by atoms with Crippen LogP contribution in [-0.2, 0) is 6.54 Å². The number of nitrogens with one attached hydrogen (secondary N) is 2. The summed E-state index contributed by atoms with van der Waals surface area (Å²) in [6.07, 6.45) is -1.01. The lowest BCUT2D eigenvalue weighted by Gasteiger charge is -2.13. The van der Waals surface area contributed by atoms with Gasteiger partial charge in [-0.25, -0.2) is 4.98 Å². The summed E-state index contributed by atoms with van der Waals surface area (Å²) in [6, 6.07) is 3.64. The highest BCUT2D eigenvalue weighted by atomic mass is 19.4. The molecule has 2 rings (SSSR count).